The molecular weight excluding hydrogens is 402 g/mol. The van der Waals surface area contributed by atoms with E-state index in [4.69, 9.17) is 20.8 Å². The fourth-order valence-electron chi connectivity index (χ4n) is 3.65. The van der Waals surface area contributed by atoms with Crippen LogP contribution < -0.4 is 15.5 Å². The number of para-hydroxylation sites is 1. The van der Waals surface area contributed by atoms with Crippen LogP contribution in [0.5, 0.6) is 5.75 Å². The third kappa shape index (κ3) is 3.76. The van der Waals surface area contributed by atoms with Gasteiger partial charge in [-0.15, -0.1) is 0 Å². The van der Waals surface area contributed by atoms with E-state index >= 15 is 0 Å². The van der Waals surface area contributed by atoms with Gasteiger partial charge in [0, 0.05) is 11.8 Å². The first-order valence-corrected chi connectivity index (χ1v) is 9.87. The third-order valence-corrected chi connectivity index (χ3v) is 5.18. The Bertz CT molecular complexity index is 1330. The summed E-state index contributed by atoms with van der Waals surface area (Å²) in [5.74, 6) is 0.399. The second-order valence-electron chi connectivity index (χ2n) is 7.32. The molecule has 0 radical (unpaired) electrons. The van der Waals surface area contributed by atoms with Crippen LogP contribution in [0.2, 0.25) is 5.02 Å². The lowest BCUT2D eigenvalue weighted by Crippen LogP contribution is -2.20. The quantitative estimate of drug-likeness (QED) is 0.439. The molecule has 1 N–H and O–H groups in total. The Balaban J connectivity index is 1.57. The van der Waals surface area contributed by atoms with Crippen LogP contribution in [-0.2, 0) is 4.79 Å². The predicted molar refractivity (Wildman–Crippen MR) is 120 cm³/mol. The highest BCUT2D eigenvalue weighted by molar-refractivity contribution is 6.34. The number of amides is 1. The molecule has 0 spiro atoms. The average molecular weight is 422 g/mol. The van der Waals surface area contributed by atoms with Crippen molar-refractivity contribution in [3.63, 3.8) is 0 Å². The molecule has 1 aromatic heterocycles. The summed E-state index contributed by atoms with van der Waals surface area (Å²) in [6.45, 7) is 5.79. The summed E-state index contributed by atoms with van der Waals surface area (Å²) >= 11 is 6.17. The Hall–Kier alpha value is -3.31. The summed E-state index contributed by atoms with van der Waals surface area (Å²) in [4.78, 5) is 25.1. The molecular formula is C24H20ClNO4. The molecule has 5 nitrogen and oxygen atoms in total. The number of nitrogens with one attached hydrogen (secondary N) is 1. The molecule has 152 valence electrons. The lowest BCUT2D eigenvalue weighted by Gasteiger charge is -2.13. The fraction of sp³-hybridized carbons (Fsp3) is 0.167. The zero-order chi connectivity index (χ0) is 21.4. The summed E-state index contributed by atoms with van der Waals surface area (Å²) in [7, 11) is 0. The normalized spacial score (nSPS) is 11.1. The van der Waals surface area contributed by atoms with E-state index in [-0.39, 0.29) is 17.9 Å². The van der Waals surface area contributed by atoms with Gasteiger partial charge in [0.05, 0.1) is 15.8 Å². The largest absolute Gasteiger partial charge is 0.483 e. The van der Waals surface area contributed by atoms with Gasteiger partial charge >= 0.3 is 0 Å². The van der Waals surface area contributed by atoms with E-state index in [2.05, 4.69) is 5.32 Å². The first-order valence-electron chi connectivity index (χ1n) is 9.49. The van der Waals surface area contributed by atoms with Gasteiger partial charge < -0.3 is 14.5 Å². The first kappa shape index (κ1) is 20.0. The lowest BCUT2D eigenvalue weighted by molar-refractivity contribution is -0.118. The molecule has 30 heavy (non-hydrogen) atoms. The van der Waals surface area contributed by atoms with Gasteiger partial charge in [-0.3, -0.25) is 9.59 Å². The van der Waals surface area contributed by atoms with E-state index in [1.54, 1.807) is 36.4 Å². The van der Waals surface area contributed by atoms with Crippen LogP contribution in [0.4, 0.5) is 5.69 Å². The Labute approximate surface area is 178 Å². The highest BCUT2D eigenvalue weighted by Gasteiger charge is 2.12. The molecule has 1 amide bonds. The van der Waals surface area contributed by atoms with Gasteiger partial charge in [0.25, 0.3) is 5.91 Å². The summed E-state index contributed by atoms with van der Waals surface area (Å²) in [5.41, 5.74) is 4.13. The Morgan fingerprint density at radius 1 is 1.03 bits per heavy atom. The van der Waals surface area contributed by atoms with Crippen molar-refractivity contribution in [3.05, 3.63) is 80.5 Å². The molecule has 3 aromatic carbocycles. The maximum absolute atomic E-state index is 12.7. The fourth-order valence-corrected chi connectivity index (χ4v) is 3.86. The van der Waals surface area contributed by atoms with Crippen LogP contribution in [0.25, 0.3) is 21.9 Å². The number of carbonyl (C=O) groups is 1. The van der Waals surface area contributed by atoms with Crippen molar-refractivity contribution >= 4 is 45.1 Å². The maximum Gasteiger partial charge on any atom is 0.262 e. The molecule has 0 unspecified atom stereocenters. The second-order valence-corrected chi connectivity index (χ2v) is 7.73. The molecule has 0 aliphatic rings. The SMILES string of the molecule is Cc1cc(C)c(OCC(=O)Nc2ccc3c(=O)c4cccc(Cl)c4oc3c2)c(C)c1. The molecule has 0 fully saturated rings. The van der Waals surface area contributed by atoms with Crippen molar-refractivity contribution in [2.75, 3.05) is 11.9 Å². The van der Waals surface area contributed by atoms with Gasteiger partial charge in [0.1, 0.15) is 11.3 Å². The van der Waals surface area contributed by atoms with Crippen molar-refractivity contribution in [1.29, 1.82) is 0 Å². The molecule has 0 atom stereocenters. The number of fused-ring (bicyclic) bond motifs is 2. The van der Waals surface area contributed by atoms with Crippen LogP contribution in [0.3, 0.4) is 0 Å². The first-order chi connectivity index (χ1) is 14.3. The van der Waals surface area contributed by atoms with E-state index in [0.717, 1.165) is 16.7 Å². The number of halogens is 1. The number of rotatable bonds is 4. The van der Waals surface area contributed by atoms with E-state index in [1.807, 2.05) is 32.9 Å². The van der Waals surface area contributed by atoms with E-state index in [9.17, 15) is 9.59 Å². The highest BCUT2D eigenvalue weighted by Crippen LogP contribution is 2.27. The summed E-state index contributed by atoms with van der Waals surface area (Å²) in [6, 6.07) is 14.0. The van der Waals surface area contributed by atoms with Gasteiger partial charge in [-0.2, -0.15) is 0 Å². The minimum Gasteiger partial charge on any atom is -0.483 e. The van der Waals surface area contributed by atoms with Gasteiger partial charge in [-0.25, -0.2) is 0 Å². The van der Waals surface area contributed by atoms with E-state index in [0.29, 0.717) is 38.4 Å². The monoisotopic (exact) mass is 421 g/mol. The third-order valence-electron chi connectivity index (χ3n) is 4.89. The zero-order valence-corrected chi connectivity index (χ0v) is 17.6. The van der Waals surface area contributed by atoms with Crippen LogP contribution in [-0.4, -0.2) is 12.5 Å². The van der Waals surface area contributed by atoms with Crippen molar-refractivity contribution < 1.29 is 13.9 Å². The van der Waals surface area contributed by atoms with Crippen molar-refractivity contribution in [2.24, 2.45) is 0 Å². The predicted octanol–water partition coefficient (Wildman–Crippen LogP) is 5.54. The number of anilines is 1. The van der Waals surface area contributed by atoms with E-state index in [1.165, 1.54) is 0 Å². The summed E-state index contributed by atoms with van der Waals surface area (Å²) < 4.78 is 11.6. The molecule has 4 aromatic rings. The number of hydrogen-bond donors (Lipinski definition) is 1. The molecule has 6 heteroatoms. The second kappa shape index (κ2) is 7.84. The average Bonchev–Trinajstić information content (AvgIpc) is 2.68. The zero-order valence-electron chi connectivity index (χ0n) is 16.8. The minimum atomic E-state index is -0.310. The minimum absolute atomic E-state index is 0.129. The molecule has 0 bridgehead atoms. The molecule has 0 aliphatic heterocycles. The Morgan fingerprint density at radius 3 is 2.50 bits per heavy atom. The summed E-state index contributed by atoms with van der Waals surface area (Å²) in [6.07, 6.45) is 0. The van der Waals surface area contributed by atoms with Crippen molar-refractivity contribution in [1.82, 2.24) is 0 Å². The number of aryl methyl sites for hydroxylation is 3. The molecule has 0 saturated heterocycles. The topological polar surface area (TPSA) is 68.5 Å². The lowest BCUT2D eigenvalue weighted by atomic mass is 10.1. The number of ether oxygens (including phenoxy) is 1. The Morgan fingerprint density at radius 2 is 1.77 bits per heavy atom. The summed E-state index contributed by atoms with van der Waals surface area (Å²) in [5, 5.41) is 3.98. The van der Waals surface area contributed by atoms with Crippen molar-refractivity contribution in [2.45, 2.75) is 20.8 Å². The highest BCUT2D eigenvalue weighted by atomic mass is 35.5. The van der Waals surface area contributed by atoms with Gasteiger partial charge in [0.2, 0.25) is 5.43 Å². The Kier molecular flexibility index (Phi) is 5.22. The molecule has 4 rings (SSSR count). The molecule has 0 aliphatic carbocycles. The van der Waals surface area contributed by atoms with Crippen LogP contribution in [0, 0.1) is 20.8 Å². The van der Waals surface area contributed by atoms with Gasteiger partial charge in [-0.1, -0.05) is 35.4 Å². The maximum atomic E-state index is 12.7. The number of carbonyl (C=O) groups excluding carboxylic acids is 1. The molecule has 1 heterocycles. The van der Waals surface area contributed by atoms with Crippen LogP contribution in [0.1, 0.15) is 16.7 Å². The van der Waals surface area contributed by atoms with Crippen LogP contribution in [0.15, 0.2) is 57.7 Å². The van der Waals surface area contributed by atoms with Gasteiger partial charge in [-0.05, 0) is 56.2 Å². The van der Waals surface area contributed by atoms with Crippen LogP contribution >= 0.6 is 11.6 Å². The standard InChI is InChI=1S/C24H20ClNO4/c1-13-9-14(2)23(15(3)10-13)29-12-21(27)26-16-7-8-17-20(11-16)30-24-18(22(17)28)5-4-6-19(24)25/h4-11H,12H2,1-3H3,(H,26,27). The smallest absolute Gasteiger partial charge is 0.262 e. The van der Waals surface area contributed by atoms with Crippen molar-refractivity contribution in [3.8, 4) is 5.75 Å². The van der Waals surface area contributed by atoms with E-state index < -0.39 is 0 Å². The van der Waals surface area contributed by atoms with Gasteiger partial charge in [0.15, 0.2) is 12.2 Å². The number of hydrogen-bond acceptors (Lipinski definition) is 4. The number of benzene rings is 3. The molecule has 0 saturated carbocycles.